The number of hydroxylamine groups is 2. The van der Waals surface area contributed by atoms with Crippen molar-refractivity contribution < 1.29 is 4.84 Å². The van der Waals surface area contributed by atoms with Gasteiger partial charge in [0, 0.05) is 20.1 Å². The van der Waals surface area contributed by atoms with Crippen molar-refractivity contribution in [3.8, 4) is 0 Å². The molecule has 1 aliphatic carbocycles. The zero-order valence-corrected chi connectivity index (χ0v) is 7.47. The fourth-order valence-corrected chi connectivity index (χ4v) is 0.956. The highest BCUT2D eigenvalue weighted by molar-refractivity contribution is 4.75. The number of likely N-dealkylation sites (N-methyl/N-ethyl adjacent to an activating group) is 1. The van der Waals surface area contributed by atoms with Gasteiger partial charge in [0.05, 0.1) is 7.11 Å². The maximum absolute atomic E-state index is 4.97. The van der Waals surface area contributed by atoms with E-state index in [1.54, 1.807) is 7.11 Å². The Morgan fingerprint density at radius 2 is 2.27 bits per heavy atom. The van der Waals surface area contributed by atoms with E-state index in [1.165, 1.54) is 19.4 Å². The van der Waals surface area contributed by atoms with Crippen LogP contribution in [0.2, 0.25) is 0 Å². The van der Waals surface area contributed by atoms with Crippen LogP contribution in [0.1, 0.15) is 12.8 Å². The summed E-state index contributed by atoms with van der Waals surface area (Å²) in [7, 11) is 3.64. The molecule has 66 valence electrons. The molecule has 1 N–H and O–H groups in total. The lowest BCUT2D eigenvalue weighted by Crippen LogP contribution is -2.29. The molecule has 0 aromatic rings. The lowest BCUT2D eigenvalue weighted by atomic mass is 10.4. The van der Waals surface area contributed by atoms with Crippen molar-refractivity contribution in [2.75, 3.05) is 33.8 Å². The normalized spacial score (nSPS) is 17.7. The molecule has 0 radical (unpaired) electrons. The van der Waals surface area contributed by atoms with Crippen LogP contribution < -0.4 is 5.32 Å². The molecule has 0 amide bonds. The van der Waals surface area contributed by atoms with Gasteiger partial charge in [-0.15, -0.1) is 0 Å². The summed E-state index contributed by atoms with van der Waals surface area (Å²) < 4.78 is 0. The van der Waals surface area contributed by atoms with Gasteiger partial charge in [-0.1, -0.05) is 0 Å². The first-order valence-corrected chi connectivity index (χ1v) is 4.29. The van der Waals surface area contributed by atoms with E-state index in [2.05, 4.69) is 5.32 Å². The van der Waals surface area contributed by atoms with Crippen molar-refractivity contribution >= 4 is 0 Å². The van der Waals surface area contributed by atoms with Crippen LogP contribution in [0.5, 0.6) is 0 Å². The number of hydrogen-bond acceptors (Lipinski definition) is 3. The second kappa shape index (κ2) is 4.70. The Labute approximate surface area is 68.7 Å². The molecule has 1 fully saturated rings. The second-order valence-electron chi connectivity index (χ2n) is 3.18. The first-order chi connectivity index (χ1) is 5.33. The summed E-state index contributed by atoms with van der Waals surface area (Å²) in [5.74, 6) is 0.975. The third-order valence-corrected chi connectivity index (χ3v) is 2.05. The molecular weight excluding hydrogens is 140 g/mol. The van der Waals surface area contributed by atoms with Gasteiger partial charge in [-0.05, 0) is 25.3 Å². The Kier molecular flexibility index (Phi) is 3.83. The monoisotopic (exact) mass is 158 g/mol. The van der Waals surface area contributed by atoms with Crippen molar-refractivity contribution in [2.24, 2.45) is 5.92 Å². The Morgan fingerprint density at radius 1 is 1.55 bits per heavy atom. The highest BCUT2D eigenvalue weighted by Gasteiger charge is 2.19. The molecule has 1 saturated carbocycles. The molecule has 1 aliphatic rings. The lowest BCUT2D eigenvalue weighted by Gasteiger charge is -2.13. The third-order valence-electron chi connectivity index (χ3n) is 2.05. The Morgan fingerprint density at radius 3 is 2.82 bits per heavy atom. The van der Waals surface area contributed by atoms with Crippen LogP contribution in [0.15, 0.2) is 0 Å². The predicted molar refractivity (Wildman–Crippen MR) is 45.2 cm³/mol. The van der Waals surface area contributed by atoms with Gasteiger partial charge in [0.2, 0.25) is 0 Å². The summed E-state index contributed by atoms with van der Waals surface area (Å²) >= 11 is 0. The van der Waals surface area contributed by atoms with E-state index >= 15 is 0 Å². The van der Waals surface area contributed by atoms with Crippen LogP contribution >= 0.6 is 0 Å². The molecule has 3 heteroatoms. The van der Waals surface area contributed by atoms with Crippen LogP contribution in [0.4, 0.5) is 0 Å². The molecule has 0 atom stereocenters. The van der Waals surface area contributed by atoms with Gasteiger partial charge in [0.15, 0.2) is 0 Å². The molecule has 0 aromatic carbocycles. The van der Waals surface area contributed by atoms with Crippen LogP contribution in [0.3, 0.4) is 0 Å². The van der Waals surface area contributed by atoms with Gasteiger partial charge in [0.1, 0.15) is 0 Å². The largest absolute Gasteiger partial charge is 0.315 e. The summed E-state index contributed by atoms with van der Waals surface area (Å²) in [4.78, 5) is 4.97. The maximum atomic E-state index is 4.97. The molecule has 0 heterocycles. The van der Waals surface area contributed by atoms with Crippen LogP contribution in [-0.2, 0) is 4.84 Å². The molecule has 0 unspecified atom stereocenters. The van der Waals surface area contributed by atoms with Crippen LogP contribution in [0.25, 0.3) is 0 Å². The second-order valence-corrected chi connectivity index (χ2v) is 3.18. The van der Waals surface area contributed by atoms with E-state index in [0.717, 1.165) is 19.0 Å². The van der Waals surface area contributed by atoms with Crippen molar-refractivity contribution in [1.29, 1.82) is 0 Å². The number of rotatable bonds is 6. The Balaban J connectivity index is 1.79. The zero-order valence-electron chi connectivity index (χ0n) is 7.47. The van der Waals surface area contributed by atoms with Gasteiger partial charge in [-0.25, -0.2) is 0 Å². The van der Waals surface area contributed by atoms with Crippen molar-refractivity contribution in [2.45, 2.75) is 12.8 Å². The number of nitrogens with zero attached hydrogens (tertiary/aromatic N) is 1. The average Bonchev–Trinajstić information content (AvgIpc) is 2.81. The van der Waals surface area contributed by atoms with Gasteiger partial charge in [0.25, 0.3) is 0 Å². The minimum Gasteiger partial charge on any atom is -0.315 e. The average molecular weight is 158 g/mol. The van der Waals surface area contributed by atoms with E-state index in [9.17, 15) is 0 Å². The molecule has 1 rings (SSSR count). The summed E-state index contributed by atoms with van der Waals surface area (Å²) in [6, 6.07) is 0. The minimum atomic E-state index is 0.962. The summed E-state index contributed by atoms with van der Waals surface area (Å²) in [5.41, 5.74) is 0. The highest BCUT2D eigenvalue weighted by Crippen LogP contribution is 2.27. The highest BCUT2D eigenvalue weighted by atomic mass is 16.7. The van der Waals surface area contributed by atoms with E-state index in [4.69, 9.17) is 4.84 Å². The van der Waals surface area contributed by atoms with E-state index < -0.39 is 0 Å². The van der Waals surface area contributed by atoms with Crippen molar-refractivity contribution in [3.63, 3.8) is 0 Å². The first-order valence-electron chi connectivity index (χ1n) is 4.29. The quantitative estimate of drug-likeness (QED) is 0.449. The van der Waals surface area contributed by atoms with Crippen LogP contribution in [0, 0.1) is 5.92 Å². The fraction of sp³-hybridized carbons (Fsp3) is 1.00. The first kappa shape index (κ1) is 8.97. The summed E-state index contributed by atoms with van der Waals surface area (Å²) in [6.45, 7) is 3.18. The number of hydrogen-bond donors (Lipinski definition) is 1. The maximum Gasteiger partial charge on any atom is 0.0575 e. The molecule has 0 saturated heterocycles. The molecule has 0 aromatic heterocycles. The minimum absolute atomic E-state index is 0.962. The predicted octanol–water partition coefficient (Wildman–Crippen LogP) is 0.479. The summed E-state index contributed by atoms with van der Waals surface area (Å²) in [5, 5.41) is 5.22. The van der Waals surface area contributed by atoms with E-state index in [0.29, 0.717) is 0 Å². The zero-order chi connectivity index (χ0) is 8.10. The lowest BCUT2D eigenvalue weighted by molar-refractivity contribution is -0.107. The number of nitrogens with one attached hydrogen (secondary N) is 1. The SMILES string of the molecule is CON(C)CCNCC1CC1. The van der Waals surface area contributed by atoms with Crippen LogP contribution in [-0.4, -0.2) is 38.9 Å². The standard InChI is InChI=1S/C8H18N2O/c1-10(11-2)6-5-9-7-8-3-4-8/h8-9H,3-7H2,1-2H3. The smallest absolute Gasteiger partial charge is 0.0575 e. The van der Waals surface area contributed by atoms with E-state index in [-0.39, 0.29) is 0 Å². The molecule has 11 heavy (non-hydrogen) atoms. The van der Waals surface area contributed by atoms with Gasteiger partial charge in [-0.2, -0.15) is 5.06 Å². The van der Waals surface area contributed by atoms with Crippen molar-refractivity contribution in [1.82, 2.24) is 10.4 Å². The van der Waals surface area contributed by atoms with Gasteiger partial charge >= 0.3 is 0 Å². The van der Waals surface area contributed by atoms with Crippen molar-refractivity contribution in [3.05, 3.63) is 0 Å². The fourth-order valence-electron chi connectivity index (χ4n) is 0.956. The molecular formula is C8H18N2O. The van der Waals surface area contributed by atoms with E-state index in [1.807, 2.05) is 12.1 Å². The summed E-state index contributed by atoms with van der Waals surface area (Å²) in [6.07, 6.45) is 2.85. The molecule has 0 aliphatic heterocycles. The third kappa shape index (κ3) is 4.35. The topological polar surface area (TPSA) is 24.5 Å². The molecule has 0 spiro atoms. The molecule has 3 nitrogen and oxygen atoms in total. The Bertz CT molecular complexity index is 104. The molecule has 0 bridgehead atoms. The Hall–Kier alpha value is -0.120. The van der Waals surface area contributed by atoms with Gasteiger partial charge < -0.3 is 10.2 Å². The van der Waals surface area contributed by atoms with Gasteiger partial charge in [-0.3, -0.25) is 0 Å².